The van der Waals surface area contributed by atoms with Crippen molar-refractivity contribution in [2.24, 2.45) is 0 Å². The van der Waals surface area contributed by atoms with Crippen LogP contribution in [0, 0.1) is 11.3 Å². The molecule has 0 fully saturated rings. The number of aromatic nitrogens is 1. The monoisotopic (exact) mass is 535 g/mol. The Morgan fingerprint density at radius 3 is 1.86 bits per heavy atom. The van der Waals surface area contributed by atoms with Gasteiger partial charge in [-0.2, -0.15) is 5.26 Å². The van der Waals surface area contributed by atoms with Gasteiger partial charge in [0.25, 0.3) is 0 Å². The van der Waals surface area contributed by atoms with Crippen LogP contribution in [0.5, 0.6) is 0 Å². The third-order valence-corrected chi connectivity index (χ3v) is 8.18. The van der Waals surface area contributed by atoms with E-state index >= 15 is 0 Å². The maximum Gasteiger partial charge on any atom is 0.0991 e. The largest absolute Gasteiger partial charge is 0.310 e. The van der Waals surface area contributed by atoms with E-state index in [0.717, 1.165) is 22.7 Å². The summed E-state index contributed by atoms with van der Waals surface area (Å²) in [7, 11) is 0. The van der Waals surface area contributed by atoms with Gasteiger partial charge in [0, 0.05) is 33.2 Å². The third kappa shape index (κ3) is 3.74. The average Bonchev–Trinajstić information content (AvgIpc) is 3.41. The summed E-state index contributed by atoms with van der Waals surface area (Å²) in [6.45, 7) is 0. The van der Waals surface area contributed by atoms with E-state index in [1.807, 2.05) is 30.3 Å². The van der Waals surface area contributed by atoms with Crippen LogP contribution in [0.1, 0.15) is 5.56 Å². The van der Waals surface area contributed by atoms with Crippen molar-refractivity contribution < 1.29 is 0 Å². The molecule has 42 heavy (non-hydrogen) atoms. The van der Waals surface area contributed by atoms with E-state index in [1.54, 1.807) is 0 Å². The topological polar surface area (TPSA) is 32.0 Å². The van der Waals surface area contributed by atoms with Crippen molar-refractivity contribution in [1.82, 2.24) is 4.57 Å². The fourth-order valence-corrected chi connectivity index (χ4v) is 6.27. The first-order valence-corrected chi connectivity index (χ1v) is 14.1. The first-order valence-electron chi connectivity index (χ1n) is 14.1. The zero-order valence-corrected chi connectivity index (χ0v) is 22.8. The number of hydrogen-bond donors (Lipinski definition) is 0. The number of nitriles is 1. The molecule has 1 aromatic heterocycles. The van der Waals surface area contributed by atoms with E-state index in [-0.39, 0.29) is 0 Å². The van der Waals surface area contributed by atoms with Gasteiger partial charge in [-0.25, -0.2) is 0 Å². The molecular weight excluding hydrogens is 510 g/mol. The predicted molar refractivity (Wildman–Crippen MR) is 174 cm³/mol. The van der Waals surface area contributed by atoms with Crippen LogP contribution in [0.2, 0.25) is 0 Å². The van der Waals surface area contributed by atoms with Gasteiger partial charge in [0.2, 0.25) is 0 Å². The molecule has 3 heteroatoms. The van der Waals surface area contributed by atoms with E-state index in [4.69, 9.17) is 0 Å². The quantitative estimate of drug-likeness (QED) is 0.205. The minimum Gasteiger partial charge on any atom is -0.310 e. The van der Waals surface area contributed by atoms with Gasteiger partial charge >= 0.3 is 0 Å². The zero-order chi connectivity index (χ0) is 28.0. The number of benzene rings is 7. The van der Waals surface area contributed by atoms with Crippen LogP contribution in [-0.2, 0) is 0 Å². The van der Waals surface area contributed by atoms with Crippen LogP contribution in [-0.4, -0.2) is 4.57 Å². The molecule has 0 amide bonds. The molecule has 1 heterocycles. The van der Waals surface area contributed by atoms with Gasteiger partial charge in [-0.1, -0.05) is 84.9 Å². The van der Waals surface area contributed by atoms with E-state index in [0.29, 0.717) is 5.56 Å². The Hall–Kier alpha value is -5.85. The van der Waals surface area contributed by atoms with Crippen LogP contribution >= 0.6 is 0 Å². The highest BCUT2D eigenvalue weighted by molar-refractivity contribution is 6.26. The number of para-hydroxylation sites is 1. The second-order valence-corrected chi connectivity index (χ2v) is 10.5. The van der Waals surface area contributed by atoms with E-state index in [2.05, 4.69) is 137 Å². The second kappa shape index (κ2) is 9.66. The minimum absolute atomic E-state index is 0.644. The highest BCUT2D eigenvalue weighted by Crippen LogP contribution is 2.45. The normalized spacial score (nSPS) is 11.3. The molecule has 0 aliphatic rings. The summed E-state index contributed by atoms with van der Waals surface area (Å²) < 4.78 is 2.37. The molecule has 8 aromatic rings. The Kier molecular flexibility index (Phi) is 5.52. The summed E-state index contributed by atoms with van der Waals surface area (Å²) in [6, 6.07) is 55.4. The zero-order valence-electron chi connectivity index (χ0n) is 22.8. The number of rotatable bonds is 5. The van der Waals surface area contributed by atoms with Gasteiger partial charge in [0.05, 0.1) is 28.4 Å². The van der Waals surface area contributed by atoms with Gasteiger partial charge in [-0.3, -0.25) is 0 Å². The lowest BCUT2D eigenvalue weighted by atomic mass is 9.99. The van der Waals surface area contributed by atoms with Gasteiger partial charge in [-0.05, 0) is 83.2 Å². The standard InChI is InChI=1S/C39H25N3/c40-26-27-14-19-32(20-15-27)41(33-21-16-29(17-22-33)28-8-3-1-4-9-28)35-24-25-37-39-34(35)23-18-30-10-7-13-36(38(30)39)42(37)31-11-5-2-6-12-31/h1-25H. The van der Waals surface area contributed by atoms with Crippen LogP contribution < -0.4 is 4.90 Å². The highest BCUT2D eigenvalue weighted by atomic mass is 15.1. The molecule has 0 radical (unpaired) electrons. The lowest BCUT2D eigenvalue weighted by Crippen LogP contribution is -2.10. The molecular formula is C39H25N3. The lowest BCUT2D eigenvalue weighted by Gasteiger charge is -2.27. The molecule has 0 aliphatic carbocycles. The van der Waals surface area contributed by atoms with Gasteiger partial charge in [0.1, 0.15) is 0 Å². The van der Waals surface area contributed by atoms with Crippen LogP contribution in [0.25, 0.3) is 49.4 Å². The molecule has 0 unspecified atom stereocenters. The predicted octanol–water partition coefficient (Wildman–Crippen LogP) is 10.4. The summed E-state index contributed by atoms with van der Waals surface area (Å²) >= 11 is 0. The first kappa shape index (κ1) is 24.0. The molecule has 196 valence electrons. The fraction of sp³-hybridized carbons (Fsp3) is 0. The molecule has 0 atom stereocenters. The maximum atomic E-state index is 9.47. The summed E-state index contributed by atoms with van der Waals surface area (Å²) in [5.41, 5.74) is 9.70. The Morgan fingerprint density at radius 2 is 1.14 bits per heavy atom. The molecule has 0 saturated heterocycles. The van der Waals surface area contributed by atoms with E-state index in [9.17, 15) is 5.26 Å². The van der Waals surface area contributed by atoms with E-state index in [1.165, 1.54) is 43.7 Å². The van der Waals surface area contributed by atoms with Crippen molar-refractivity contribution in [2.45, 2.75) is 0 Å². The molecule has 7 aromatic carbocycles. The van der Waals surface area contributed by atoms with Crippen molar-refractivity contribution in [3.8, 4) is 22.9 Å². The lowest BCUT2D eigenvalue weighted by molar-refractivity contribution is 1.18. The highest BCUT2D eigenvalue weighted by Gasteiger charge is 2.22. The number of nitrogens with zero attached hydrogens (tertiary/aromatic N) is 3. The Balaban J connectivity index is 1.38. The summed E-state index contributed by atoms with van der Waals surface area (Å²) in [5, 5.41) is 14.4. The Bertz CT molecular complexity index is 2220. The summed E-state index contributed by atoms with van der Waals surface area (Å²) in [4.78, 5) is 2.30. The number of anilines is 3. The maximum absolute atomic E-state index is 9.47. The first-order chi connectivity index (χ1) is 20.8. The molecule has 0 saturated carbocycles. The molecule has 0 N–H and O–H groups in total. The Labute approximate surface area is 244 Å². The molecule has 8 rings (SSSR count). The Morgan fingerprint density at radius 1 is 0.500 bits per heavy atom. The van der Waals surface area contributed by atoms with Gasteiger partial charge < -0.3 is 9.47 Å². The average molecular weight is 536 g/mol. The molecule has 3 nitrogen and oxygen atoms in total. The van der Waals surface area contributed by atoms with Crippen LogP contribution in [0.4, 0.5) is 17.1 Å². The van der Waals surface area contributed by atoms with Crippen molar-refractivity contribution >= 4 is 49.6 Å². The minimum atomic E-state index is 0.644. The van der Waals surface area contributed by atoms with Gasteiger partial charge in [-0.15, -0.1) is 0 Å². The smallest absolute Gasteiger partial charge is 0.0991 e. The van der Waals surface area contributed by atoms with Crippen molar-refractivity contribution in [3.63, 3.8) is 0 Å². The second-order valence-electron chi connectivity index (χ2n) is 10.5. The molecule has 0 bridgehead atoms. The van der Waals surface area contributed by atoms with Crippen LogP contribution in [0.15, 0.2) is 152 Å². The molecule has 0 aliphatic heterocycles. The van der Waals surface area contributed by atoms with E-state index < -0.39 is 0 Å². The van der Waals surface area contributed by atoms with Gasteiger partial charge in [0.15, 0.2) is 0 Å². The molecule has 0 spiro atoms. The summed E-state index contributed by atoms with van der Waals surface area (Å²) in [6.07, 6.45) is 0. The van der Waals surface area contributed by atoms with Crippen molar-refractivity contribution in [3.05, 3.63) is 157 Å². The number of hydrogen-bond acceptors (Lipinski definition) is 2. The third-order valence-electron chi connectivity index (χ3n) is 8.18. The summed E-state index contributed by atoms with van der Waals surface area (Å²) in [5.74, 6) is 0. The SMILES string of the molecule is N#Cc1ccc(N(c2ccc(-c3ccccc3)cc2)c2ccc3c4c2ccc2cccc(c24)n3-c2ccccc2)cc1. The van der Waals surface area contributed by atoms with Crippen LogP contribution in [0.3, 0.4) is 0 Å². The van der Waals surface area contributed by atoms with Crippen molar-refractivity contribution in [2.75, 3.05) is 4.90 Å². The fourth-order valence-electron chi connectivity index (χ4n) is 6.27. The van der Waals surface area contributed by atoms with Crippen molar-refractivity contribution in [1.29, 1.82) is 5.26 Å².